The number of hydrogen-bond donors (Lipinski definition) is 2. The van der Waals surface area contributed by atoms with Gasteiger partial charge in [-0.25, -0.2) is 14.3 Å². The summed E-state index contributed by atoms with van der Waals surface area (Å²) in [5.41, 5.74) is 2.32. The Hall–Kier alpha value is -3.35. The second-order valence-electron chi connectivity index (χ2n) is 6.36. The quantitative estimate of drug-likeness (QED) is 0.482. The Morgan fingerprint density at radius 2 is 1.89 bits per heavy atom. The summed E-state index contributed by atoms with van der Waals surface area (Å²) in [6.45, 7) is 6.19. The van der Waals surface area contributed by atoms with Crippen LogP contribution in [-0.4, -0.2) is 28.3 Å². The number of ether oxygens (including phenoxy) is 2. The fourth-order valence-electron chi connectivity index (χ4n) is 2.92. The first-order valence-corrected chi connectivity index (χ1v) is 9.32. The summed E-state index contributed by atoms with van der Waals surface area (Å²) in [6, 6.07) is 14.8. The van der Waals surface area contributed by atoms with Crippen molar-refractivity contribution in [2.45, 2.75) is 33.1 Å². The molecule has 2 aromatic carbocycles. The second kappa shape index (κ2) is 8.56. The molecule has 1 amide bonds. The lowest BCUT2D eigenvalue weighted by molar-refractivity contribution is 0.167. The normalized spacial score (nSPS) is 11.8. The molecule has 0 aliphatic rings. The van der Waals surface area contributed by atoms with E-state index in [0.29, 0.717) is 22.7 Å². The number of anilines is 1. The molecule has 146 valence electrons. The maximum Gasteiger partial charge on any atom is 0.413 e. The number of hydrogen-bond acceptors (Lipinski definition) is 5. The van der Waals surface area contributed by atoms with Gasteiger partial charge in [0.2, 0.25) is 5.95 Å². The molecule has 3 rings (SSSR count). The highest BCUT2D eigenvalue weighted by Crippen LogP contribution is 2.29. The van der Waals surface area contributed by atoms with Crippen LogP contribution in [0.4, 0.5) is 10.7 Å². The summed E-state index contributed by atoms with van der Waals surface area (Å²) < 4.78 is 12.3. The molecule has 0 saturated heterocycles. The van der Waals surface area contributed by atoms with Crippen LogP contribution in [0.2, 0.25) is 0 Å². The zero-order chi connectivity index (χ0) is 20.1. The van der Waals surface area contributed by atoms with Crippen molar-refractivity contribution < 1.29 is 14.3 Å². The molecule has 0 fully saturated rings. The van der Waals surface area contributed by atoms with E-state index in [0.717, 1.165) is 12.0 Å². The fraction of sp³-hybridized carbons (Fsp3) is 0.286. The van der Waals surface area contributed by atoms with E-state index in [-0.39, 0.29) is 18.6 Å². The van der Waals surface area contributed by atoms with Crippen molar-refractivity contribution >= 4 is 29.1 Å². The third-order valence-corrected chi connectivity index (χ3v) is 4.52. The van der Waals surface area contributed by atoms with Crippen LogP contribution >= 0.6 is 0 Å². The highest BCUT2D eigenvalue weighted by atomic mass is 16.5. The van der Waals surface area contributed by atoms with E-state index in [1.165, 1.54) is 4.57 Å². The predicted octanol–water partition coefficient (Wildman–Crippen LogP) is 4.98. The van der Waals surface area contributed by atoms with Gasteiger partial charge < -0.3 is 9.47 Å². The SMILES string of the molecule is CCOC(=O)Nc1nc2ccccc2n1C(=N)Oc1ccccc1C(C)CC. The number of imidazole rings is 1. The Balaban J connectivity index is 1.98. The molecule has 0 aliphatic heterocycles. The molecule has 2 N–H and O–H groups in total. The number of fused-ring (bicyclic) bond motifs is 1. The number of rotatable bonds is 5. The highest BCUT2D eigenvalue weighted by Gasteiger charge is 2.20. The van der Waals surface area contributed by atoms with Crippen molar-refractivity contribution in [3.05, 3.63) is 54.1 Å². The minimum absolute atomic E-state index is 0.156. The van der Waals surface area contributed by atoms with Crippen molar-refractivity contribution in [1.29, 1.82) is 5.41 Å². The molecule has 0 aliphatic carbocycles. The van der Waals surface area contributed by atoms with Crippen LogP contribution in [0.5, 0.6) is 5.75 Å². The second-order valence-corrected chi connectivity index (χ2v) is 6.36. The van der Waals surface area contributed by atoms with Crippen LogP contribution < -0.4 is 10.1 Å². The number of aromatic nitrogens is 2. The molecule has 7 heteroatoms. The first kappa shape index (κ1) is 19.4. The number of amides is 1. The monoisotopic (exact) mass is 380 g/mol. The number of carbonyl (C=O) groups is 1. The Labute approximate surface area is 163 Å². The van der Waals surface area contributed by atoms with Crippen molar-refractivity contribution in [3.8, 4) is 5.75 Å². The molecule has 1 unspecified atom stereocenters. The third-order valence-electron chi connectivity index (χ3n) is 4.52. The Morgan fingerprint density at radius 1 is 1.18 bits per heavy atom. The minimum Gasteiger partial charge on any atom is -0.450 e. The molecule has 1 heterocycles. The van der Waals surface area contributed by atoms with Crippen molar-refractivity contribution in [2.24, 2.45) is 0 Å². The largest absolute Gasteiger partial charge is 0.450 e. The predicted molar refractivity (Wildman–Crippen MR) is 109 cm³/mol. The molecule has 28 heavy (non-hydrogen) atoms. The van der Waals surface area contributed by atoms with Gasteiger partial charge >= 0.3 is 12.1 Å². The molecular weight excluding hydrogens is 356 g/mol. The average Bonchev–Trinajstić information content (AvgIpc) is 3.05. The topological polar surface area (TPSA) is 89.2 Å². The van der Waals surface area contributed by atoms with Gasteiger partial charge in [-0.2, -0.15) is 0 Å². The lowest BCUT2D eigenvalue weighted by Crippen LogP contribution is -2.23. The molecule has 0 bridgehead atoms. The van der Waals surface area contributed by atoms with E-state index in [1.54, 1.807) is 6.92 Å². The van der Waals surface area contributed by atoms with Gasteiger partial charge in [-0.05, 0) is 43.0 Å². The Bertz CT molecular complexity index is 996. The van der Waals surface area contributed by atoms with E-state index in [1.807, 2.05) is 48.5 Å². The van der Waals surface area contributed by atoms with Gasteiger partial charge in [-0.1, -0.05) is 44.2 Å². The van der Waals surface area contributed by atoms with Crippen molar-refractivity contribution in [1.82, 2.24) is 9.55 Å². The van der Waals surface area contributed by atoms with Crippen LogP contribution in [0, 0.1) is 5.41 Å². The van der Waals surface area contributed by atoms with Gasteiger partial charge in [0.05, 0.1) is 17.6 Å². The Morgan fingerprint density at radius 3 is 2.64 bits per heavy atom. The van der Waals surface area contributed by atoms with E-state index >= 15 is 0 Å². The van der Waals surface area contributed by atoms with Gasteiger partial charge in [0.1, 0.15) is 5.75 Å². The smallest absolute Gasteiger partial charge is 0.413 e. The summed E-state index contributed by atoms with van der Waals surface area (Å²) in [5.74, 6) is 1.08. The maximum absolute atomic E-state index is 11.9. The molecule has 7 nitrogen and oxygen atoms in total. The first-order chi connectivity index (χ1) is 13.5. The van der Waals surface area contributed by atoms with Crippen molar-refractivity contribution in [2.75, 3.05) is 11.9 Å². The number of nitrogens with one attached hydrogen (secondary N) is 2. The molecule has 0 spiro atoms. The van der Waals surface area contributed by atoms with E-state index in [9.17, 15) is 4.79 Å². The zero-order valence-corrected chi connectivity index (χ0v) is 16.2. The molecule has 1 atom stereocenters. The van der Waals surface area contributed by atoms with Gasteiger partial charge in [-0.15, -0.1) is 0 Å². The average molecular weight is 380 g/mol. The first-order valence-electron chi connectivity index (χ1n) is 9.32. The van der Waals surface area contributed by atoms with Crippen LogP contribution in [-0.2, 0) is 4.74 Å². The lowest BCUT2D eigenvalue weighted by atomic mass is 9.98. The van der Waals surface area contributed by atoms with E-state index in [4.69, 9.17) is 14.9 Å². The molecule has 1 aromatic heterocycles. The van der Waals surface area contributed by atoms with Crippen LogP contribution in [0.15, 0.2) is 48.5 Å². The summed E-state index contributed by atoms with van der Waals surface area (Å²) in [7, 11) is 0. The van der Waals surface area contributed by atoms with E-state index < -0.39 is 6.09 Å². The summed E-state index contributed by atoms with van der Waals surface area (Å²) >= 11 is 0. The summed E-state index contributed by atoms with van der Waals surface area (Å²) in [6.07, 6.45) is 0.323. The van der Waals surface area contributed by atoms with Crippen LogP contribution in [0.25, 0.3) is 11.0 Å². The molecule has 0 radical (unpaired) electrons. The number of benzene rings is 2. The number of carbonyl (C=O) groups excluding carboxylic acids is 1. The minimum atomic E-state index is -0.633. The number of nitrogens with zero attached hydrogens (tertiary/aromatic N) is 2. The van der Waals surface area contributed by atoms with Gasteiger partial charge in [-0.3, -0.25) is 10.7 Å². The van der Waals surface area contributed by atoms with Crippen molar-refractivity contribution in [3.63, 3.8) is 0 Å². The highest BCUT2D eigenvalue weighted by molar-refractivity contribution is 5.95. The van der Waals surface area contributed by atoms with Gasteiger partial charge in [0.15, 0.2) is 0 Å². The molecule has 0 saturated carbocycles. The van der Waals surface area contributed by atoms with Gasteiger partial charge in [0.25, 0.3) is 0 Å². The molecule has 3 aromatic rings. The van der Waals surface area contributed by atoms with Gasteiger partial charge in [0, 0.05) is 0 Å². The lowest BCUT2D eigenvalue weighted by Gasteiger charge is -2.17. The maximum atomic E-state index is 11.9. The fourth-order valence-corrected chi connectivity index (χ4v) is 2.92. The zero-order valence-electron chi connectivity index (χ0n) is 16.2. The van der Waals surface area contributed by atoms with Crippen LogP contribution in [0.3, 0.4) is 0 Å². The summed E-state index contributed by atoms with van der Waals surface area (Å²) in [5, 5.41) is 11.1. The van der Waals surface area contributed by atoms with Crippen LogP contribution in [0.1, 0.15) is 38.7 Å². The Kier molecular flexibility index (Phi) is 5.93. The number of para-hydroxylation sites is 3. The van der Waals surface area contributed by atoms with E-state index in [2.05, 4.69) is 24.1 Å². The molecular formula is C21H24N4O3. The standard InChI is InChI=1S/C21H24N4O3/c1-4-14(3)15-10-6-9-13-18(15)28-19(22)25-17-12-8-7-11-16(17)23-20(25)24-21(26)27-5-2/h6-14,22H,4-5H2,1-3H3,(H,23,24,26). The summed E-state index contributed by atoms with van der Waals surface area (Å²) in [4.78, 5) is 16.3. The third kappa shape index (κ3) is 3.98.